The van der Waals surface area contributed by atoms with Crippen LogP contribution in [0.4, 0.5) is 11.6 Å². The van der Waals surface area contributed by atoms with E-state index in [-0.39, 0.29) is 17.4 Å². The molecule has 0 radical (unpaired) electrons. The number of aromatic nitrogens is 2. The third-order valence-electron chi connectivity index (χ3n) is 3.43. The molecule has 0 unspecified atom stereocenters. The maximum Gasteiger partial charge on any atom is 0.227 e. The molecular formula is C19H11N5O. The predicted molar refractivity (Wildman–Crippen MR) is 91.1 cm³/mol. The van der Waals surface area contributed by atoms with Gasteiger partial charge in [-0.25, -0.2) is 9.97 Å². The van der Waals surface area contributed by atoms with E-state index in [0.29, 0.717) is 22.4 Å². The molecule has 6 nitrogen and oxygen atoms in total. The molecule has 0 fully saturated rings. The van der Waals surface area contributed by atoms with Crippen LogP contribution in [0.25, 0.3) is 0 Å². The van der Waals surface area contributed by atoms with E-state index in [1.807, 2.05) is 12.1 Å². The third kappa shape index (κ3) is 3.66. The van der Waals surface area contributed by atoms with Gasteiger partial charge in [-0.05, 0) is 54.6 Å². The third-order valence-corrected chi connectivity index (χ3v) is 3.43. The van der Waals surface area contributed by atoms with E-state index >= 15 is 0 Å². The number of carbonyl (C=O) groups is 1. The van der Waals surface area contributed by atoms with Crippen LogP contribution in [-0.2, 0) is 0 Å². The monoisotopic (exact) mass is 325 g/mol. The first-order valence-electron chi connectivity index (χ1n) is 7.35. The standard InChI is InChI=1S/C19H11N5O/c20-11-13-1-5-15(6-2-13)18(25)17-9-10-22-19(24-17)23-16-7-3-14(12-21)4-8-16/h1-10H,(H,22,23,24). The van der Waals surface area contributed by atoms with Crippen LogP contribution in [0, 0.1) is 22.7 Å². The van der Waals surface area contributed by atoms with Crippen LogP contribution in [0.2, 0.25) is 0 Å². The van der Waals surface area contributed by atoms with Crippen molar-refractivity contribution in [2.75, 3.05) is 5.32 Å². The Kier molecular flexibility index (Phi) is 4.46. The fourth-order valence-corrected chi connectivity index (χ4v) is 2.15. The van der Waals surface area contributed by atoms with Gasteiger partial charge in [0, 0.05) is 17.4 Å². The molecular weight excluding hydrogens is 314 g/mol. The van der Waals surface area contributed by atoms with Crippen molar-refractivity contribution >= 4 is 17.4 Å². The van der Waals surface area contributed by atoms with Gasteiger partial charge in [-0.15, -0.1) is 0 Å². The molecule has 0 atom stereocenters. The van der Waals surface area contributed by atoms with Crippen molar-refractivity contribution in [2.45, 2.75) is 0 Å². The van der Waals surface area contributed by atoms with Gasteiger partial charge in [0.15, 0.2) is 0 Å². The van der Waals surface area contributed by atoms with Crippen LogP contribution in [0.1, 0.15) is 27.2 Å². The van der Waals surface area contributed by atoms with Crippen LogP contribution in [0.5, 0.6) is 0 Å². The maximum absolute atomic E-state index is 12.5. The van der Waals surface area contributed by atoms with Gasteiger partial charge in [0.05, 0.1) is 23.3 Å². The highest BCUT2D eigenvalue weighted by atomic mass is 16.1. The first-order chi connectivity index (χ1) is 12.2. The Morgan fingerprint density at radius 1 is 0.880 bits per heavy atom. The van der Waals surface area contributed by atoms with Crippen molar-refractivity contribution in [1.29, 1.82) is 10.5 Å². The lowest BCUT2D eigenvalue weighted by atomic mass is 10.1. The van der Waals surface area contributed by atoms with Crippen molar-refractivity contribution in [3.63, 3.8) is 0 Å². The topological polar surface area (TPSA) is 102 Å². The quantitative estimate of drug-likeness (QED) is 0.739. The van der Waals surface area contributed by atoms with Crippen LogP contribution in [0.15, 0.2) is 60.8 Å². The summed E-state index contributed by atoms with van der Waals surface area (Å²) >= 11 is 0. The highest BCUT2D eigenvalue weighted by molar-refractivity contribution is 6.07. The fourth-order valence-electron chi connectivity index (χ4n) is 2.15. The average molecular weight is 325 g/mol. The van der Waals surface area contributed by atoms with Gasteiger partial charge in [0.1, 0.15) is 5.69 Å². The smallest absolute Gasteiger partial charge is 0.227 e. The number of nitrogens with zero attached hydrogens (tertiary/aromatic N) is 4. The second-order valence-corrected chi connectivity index (χ2v) is 5.10. The summed E-state index contributed by atoms with van der Waals surface area (Å²) in [5.41, 5.74) is 2.44. The number of nitriles is 2. The van der Waals surface area contributed by atoms with Crippen LogP contribution >= 0.6 is 0 Å². The number of ketones is 1. The Bertz CT molecular complexity index is 996. The van der Waals surface area contributed by atoms with E-state index in [9.17, 15) is 4.79 Å². The summed E-state index contributed by atoms with van der Waals surface area (Å²) in [4.78, 5) is 20.8. The number of hydrogen-bond acceptors (Lipinski definition) is 6. The Labute approximate surface area is 144 Å². The van der Waals surface area contributed by atoms with E-state index in [0.717, 1.165) is 0 Å². The first kappa shape index (κ1) is 15.9. The summed E-state index contributed by atoms with van der Waals surface area (Å²) in [5.74, 6) is 0.0268. The lowest BCUT2D eigenvalue weighted by molar-refractivity contribution is 0.103. The molecule has 1 aromatic heterocycles. The SMILES string of the molecule is N#Cc1ccc(Nc2nccc(C(=O)c3ccc(C#N)cc3)n2)cc1. The van der Waals surface area contributed by atoms with Crippen LogP contribution in [-0.4, -0.2) is 15.8 Å². The summed E-state index contributed by atoms with van der Waals surface area (Å²) in [6.07, 6.45) is 1.50. The number of nitrogens with one attached hydrogen (secondary N) is 1. The minimum Gasteiger partial charge on any atom is -0.324 e. The number of anilines is 2. The summed E-state index contributed by atoms with van der Waals surface area (Å²) in [7, 11) is 0. The molecule has 1 N–H and O–H groups in total. The zero-order chi connectivity index (χ0) is 17.6. The summed E-state index contributed by atoms with van der Waals surface area (Å²) in [5, 5.41) is 20.6. The molecule has 0 bridgehead atoms. The summed E-state index contributed by atoms with van der Waals surface area (Å²) in [6, 6.07) is 18.8. The molecule has 6 heteroatoms. The van der Waals surface area contributed by atoms with Gasteiger partial charge in [-0.3, -0.25) is 4.79 Å². The largest absolute Gasteiger partial charge is 0.324 e. The van der Waals surface area contributed by atoms with E-state index < -0.39 is 0 Å². The van der Waals surface area contributed by atoms with Crippen LogP contribution in [0.3, 0.4) is 0 Å². The van der Waals surface area contributed by atoms with Crippen LogP contribution < -0.4 is 5.32 Å². The normalized spacial score (nSPS) is 9.68. The second-order valence-electron chi connectivity index (χ2n) is 5.10. The highest BCUT2D eigenvalue weighted by Gasteiger charge is 2.12. The van der Waals surface area contributed by atoms with Crippen molar-refractivity contribution in [3.05, 3.63) is 83.2 Å². The lowest BCUT2D eigenvalue weighted by Crippen LogP contribution is -2.07. The Hall–Kier alpha value is -4.03. The van der Waals surface area contributed by atoms with Gasteiger partial charge in [0.2, 0.25) is 11.7 Å². The van der Waals surface area contributed by atoms with Crippen molar-refractivity contribution in [1.82, 2.24) is 9.97 Å². The molecule has 0 saturated heterocycles. The van der Waals surface area contributed by atoms with E-state index in [1.165, 1.54) is 12.3 Å². The van der Waals surface area contributed by atoms with E-state index in [1.54, 1.807) is 48.5 Å². The van der Waals surface area contributed by atoms with Crippen molar-refractivity contribution < 1.29 is 4.79 Å². The van der Waals surface area contributed by atoms with Gasteiger partial charge in [-0.2, -0.15) is 10.5 Å². The number of hydrogen-bond donors (Lipinski definition) is 1. The van der Waals surface area contributed by atoms with Gasteiger partial charge < -0.3 is 5.32 Å². The second kappa shape index (κ2) is 7.03. The fraction of sp³-hybridized carbons (Fsp3) is 0. The first-order valence-corrected chi connectivity index (χ1v) is 7.35. The van der Waals surface area contributed by atoms with Gasteiger partial charge in [-0.1, -0.05) is 0 Å². The van der Waals surface area contributed by atoms with Crippen molar-refractivity contribution in [3.8, 4) is 12.1 Å². The minimum absolute atomic E-state index is 0.246. The number of benzene rings is 2. The maximum atomic E-state index is 12.5. The molecule has 3 rings (SSSR count). The molecule has 0 amide bonds. The van der Waals surface area contributed by atoms with E-state index in [2.05, 4.69) is 15.3 Å². The molecule has 1 heterocycles. The highest BCUT2D eigenvalue weighted by Crippen LogP contribution is 2.15. The Morgan fingerprint density at radius 2 is 1.48 bits per heavy atom. The molecule has 3 aromatic rings. The van der Waals surface area contributed by atoms with Crippen molar-refractivity contribution in [2.24, 2.45) is 0 Å². The molecule has 0 aliphatic heterocycles. The van der Waals surface area contributed by atoms with E-state index in [4.69, 9.17) is 10.5 Å². The molecule has 0 aliphatic rings. The summed E-state index contributed by atoms with van der Waals surface area (Å²) < 4.78 is 0. The molecule has 118 valence electrons. The zero-order valence-electron chi connectivity index (χ0n) is 13.0. The predicted octanol–water partition coefficient (Wildman–Crippen LogP) is 3.19. The Morgan fingerprint density at radius 3 is 2.08 bits per heavy atom. The lowest BCUT2D eigenvalue weighted by Gasteiger charge is -2.06. The Balaban J connectivity index is 1.81. The average Bonchev–Trinajstić information content (AvgIpc) is 2.68. The molecule has 25 heavy (non-hydrogen) atoms. The molecule has 2 aromatic carbocycles. The molecule has 0 saturated carbocycles. The number of carbonyl (C=O) groups excluding carboxylic acids is 1. The van der Waals surface area contributed by atoms with Gasteiger partial charge in [0.25, 0.3) is 0 Å². The van der Waals surface area contributed by atoms with Gasteiger partial charge >= 0.3 is 0 Å². The molecule has 0 spiro atoms. The number of rotatable bonds is 4. The summed E-state index contributed by atoms with van der Waals surface area (Å²) in [6.45, 7) is 0. The molecule has 0 aliphatic carbocycles. The zero-order valence-corrected chi connectivity index (χ0v) is 13.0. The minimum atomic E-state index is -0.255.